The van der Waals surface area contributed by atoms with Crippen LogP contribution in [0, 0.1) is 6.92 Å². The van der Waals surface area contributed by atoms with Gasteiger partial charge in [-0.2, -0.15) is 0 Å². The van der Waals surface area contributed by atoms with Crippen LogP contribution in [0.4, 0.5) is 0 Å². The van der Waals surface area contributed by atoms with Gasteiger partial charge in [-0.3, -0.25) is 4.79 Å². The fourth-order valence-electron chi connectivity index (χ4n) is 3.99. The van der Waals surface area contributed by atoms with E-state index in [0.717, 1.165) is 16.9 Å². The second kappa shape index (κ2) is 8.91. The van der Waals surface area contributed by atoms with Crippen molar-refractivity contribution in [3.63, 3.8) is 0 Å². The molecule has 8 nitrogen and oxygen atoms in total. The third-order valence-electron chi connectivity index (χ3n) is 5.91. The molecule has 1 amide bonds. The normalized spacial score (nSPS) is 15.4. The Hall–Kier alpha value is -2.91. The van der Waals surface area contributed by atoms with E-state index < -0.39 is 10.0 Å². The van der Waals surface area contributed by atoms with E-state index in [4.69, 9.17) is 4.74 Å². The molecule has 2 aromatic heterocycles. The van der Waals surface area contributed by atoms with Crippen LogP contribution in [0.25, 0.3) is 5.65 Å². The number of benzene rings is 1. The number of ether oxygens (including phenoxy) is 1. The number of hydrogen-bond donors (Lipinski definition) is 0. The molecule has 3 heterocycles. The summed E-state index contributed by atoms with van der Waals surface area (Å²) < 4.78 is 32.8. The predicted molar refractivity (Wildman–Crippen MR) is 122 cm³/mol. The first-order valence-electron chi connectivity index (χ1n) is 10.6. The van der Waals surface area contributed by atoms with Crippen LogP contribution >= 0.6 is 0 Å². The highest BCUT2D eigenvalue weighted by Crippen LogP contribution is 2.21. The maximum Gasteiger partial charge on any atom is 0.253 e. The van der Waals surface area contributed by atoms with E-state index in [9.17, 15) is 13.2 Å². The summed E-state index contributed by atoms with van der Waals surface area (Å²) >= 11 is 0. The van der Waals surface area contributed by atoms with Crippen LogP contribution in [0.2, 0.25) is 0 Å². The van der Waals surface area contributed by atoms with E-state index in [0.29, 0.717) is 43.9 Å². The molecule has 0 N–H and O–H groups in total. The number of piperidine rings is 1. The zero-order valence-corrected chi connectivity index (χ0v) is 19.4. The molecule has 0 bridgehead atoms. The van der Waals surface area contributed by atoms with E-state index in [1.54, 1.807) is 30.1 Å². The lowest BCUT2D eigenvalue weighted by Crippen LogP contribution is -2.47. The minimum Gasteiger partial charge on any atom is -0.487 e. The predicted octanol–water partition coefficient (Wildman–Crippen LogP) is 2.72. The van der Waals surface area contributed by atoms with Crippen molar-refractivity contribution in [1.29, 1.82) is 0 Å². The zero-order chi connectivity index (χ0) is 22.9. The average molecular weight is 457 g/mol. The lowest BCUT2D eigenvalue weighted by atomic mass is 10.0. The summed E-state index contributed by atoms with van der Waals surface area (Å²) in [5.74, 6) is 0.537. The molecule has 0 saturated carbocycles. The van der Waals surface area contributed by atoms with Crippen LogP contribution in [-0.2, 0) is 16.6 Å². The summed E-state index contributed by atoms with van der Waals surface area (Å²) in [5.41, 5.74) is 3.39. The SMILES string of the molecule is Cc1ccc2nc(COc3cccc(C(=O)N4CCC(N(C)S(C)(=O)=O)CC4)c3)cn2c1. The molecule has 4 rings (SSSR count). The number of sulfonamides is 1. The first kappa shape index (κ1) is 22.3. The Morgan fingerprint density at radius 3 is 2.66 bits per heavy atom. The fourth-order valence-corrected chi connectivity index (χ4v) is 4.74. The standard InChI is InChI=1S/C23H28N4O4S/c1-17-7-8-22-24-19(15-27(22)14-17)16-31-21-6-4-5-18(13-21)23(28)26-11-9-20(10-12-26)25(2)32(3,29)30/h4-8,13-15,20H,9-12,16H2,1-3H3. The van der Waals surface area contributed by atoms with Crippen molar-refractivity contribution in [3.05, 3.63) is 65.6 Å². The molecule has 0 atom stereocenters. The Labute approximate surface area is 188 Å². The smallest absolute Gasteiger partial charge is 0.253 e. The van der Waals surface area contributed by atoms with Crippen LogP contribution < -0.4 is 4.74 Å². The van der Waals surface area contributed by atoms with Crippen LogP contribution in [0.15, 0.2) is 48.8 Å². The van der Waals surface area contributed by atoms with Gasteiger partial charge in [-0.25, -0.2) is 17.7 Å². The van der Waals surface area contributed by atoms with Crippen molar-refractivity contribution < 1.29 is 17.9 Å². The summed E-state index contributed by atoms with van der Waals surface area (Å²) in [6.45, 7) is 3.39. The zero-order valence-electron chi connectivity index (χ0n) is 18.6. The number of imidazole rings is 1. The maximum absolute atomic E-state index is 13.0. The second-order valence-corrected chi connectivity index (χ2v) is 10.4. The van der Waals surface area contributed by atoms with Crippen molar-refractivity contribution in [3.8, 4) is 5.75 Å². The van der Waals surface area contributed by atoms with E-state index in [2.05, 4.69) is 4.98 Å². The average Bonchev–Trinajstić information content (AvgIpc) is 3.18. The number of rotatable bonds is 6. The molecule has 170 valence electrons. The van der Waals surface area contributed by atoms with Crippen molar-refractivity contribution in [2.75, 3.05) is 26.4 Å². The Kier molecular flexibility index (Phi) is 6.21. The molecule has 0 unspecified atom stereocenters. The third kappa shape index (κ3) is 4.94. The molecular weight excluding hydrogens is 428 g/mol. The van der Waals surface area contributed by atoms with Gasteiger partial charge in [0.15, 0.2) is 0 Å². The number of carbonyl (C=O) groups excluding carboxylic acids is 1. The van der Waals surface area contributed by atoms with Gasteiger partial charge >= 0.3 is 0 Å². The number of carbonyl (C=O) groups is 1. The minimum atomic E-state index is -3.23. The first-order valence-corrected chi connectivity index (χ1v) is 12.4. The minimum absolute atomic E-state index is 0.0703. The molecule has 0 radical (unpaired) electrons. The van der Waals surface area contributed by atoms with Gasteiger partial charge in [-0.15, -0.1) is 0 Å². The van der Waals surface area contributed by atoms with Crippen molar-refractivity contribution in [2.24, 2.45) is 0 Å². The molecule has 3 aromatic rings. The lowest BCUT2D eigenvalue weighted by molar-refractivity contribution is 0.0686. The van der Waals surface area contributed by atoms with E-state index in [-0.39, 0.29) is 11.9 Å². The number of amides is 1. The van der Waals surface area contributed by atoms with Gasteiger partial charge < -0.3 is 14.0 Å². The first-order chi connectivity index (χ1) is 15.2. The molecule has 9 heteroatoms. The van der Waals surface area contributed by atoms with Crippen LogP contribution in [0.5, 0.6) is 5.75 Å². The summed E-state index contributed by atoms with van der Waals surface area (Å²) in [5, 5.41) is 0. The Morgan fingerprint density at radius 1 is 1.19 bits per heavy atom. The summed E-state index contributed by atoms with van der Waals surface area (Å²) in [6.07, 6.45) is 6.41. The van der Waals surface area contributed by atoms with Crippen molar-refractivity contribution in [1.82, 2.24) is 18.6 Å². The molecule has 1 aliphatic heterocycles. The number of nitrogens with zero attached hydrogens (tertiary/aromatic N) is 4. The van der Waals surface area contributed by atoms with Gasteiger partial charge in [0.25, 0.3) is 5.91 Å². The van der Waals surface area contributed by atoms with Gasteiger partial charge in [0.2, 0.25) is 10.0 Å². The molecule has 32 heavy (non-hydrogen) atoms. The van der Waals surface area contributed by atoms with Crippen LogP contribution in [0.1, 0.15) is 34.5 Å². The Morgan fingerprint density at radius 2 is 1.94 bits per heavy atom. The summed E-state index contributed by atoms with van der Waals surface area (Å²) in [7, 11) is -1.63. The molecule has 1 aliphatic rings. The number of hydrogen-bond acceptors (Lipinski definition) is 5. The third-order valence-corrected chi connectivity index (χ3v) is 7.25. The van der Waals surface area contributed by atoms with E-state index in [1.807, 2.05) is 41.9 Å². The molecule has 0 aliphatic carbocycles. The van der Waals surface area contributed by atoms with Crippen molar-refractivity contribution >= 4 is 21.6 Å². The van der Waals surface area contributed by atoms with Crippen LogP contribution in [-0.4, -0.2) is 65.3 Å². The number of pyridine rings is 1. The highest BCUT2D eigenvalue weighted by Gasteiger charge is 2.29. The molecule has 1 fully saturated rings. The van der Waals surface area contributed by atoms with Crippen molar-refractivity contribution in [2.45, 2.75) is 32.4 Å². The van der Waals surface area contributed by atoms with Gasteiger partial charge in [-0.1, -0.05) is 12.1 Å². The van der Waals surface area contributed by atoms with Gasteiger partial charge in [0, 0.05) is 44.1 Å². The number of aromatic nitrogens is 2. The molecule has 1 saturated heterocycles. The molecule has 0 spiro atoms. The number of likely N-dealkylation sites (tertiary alicyclic amines) is 1. The monoisotopic (exact) mass is 456 g/mol. The second-order valence-electron chi connectivity index (χ2n) is 8.32. The highest BCUT2D eigenvalue weighted by molar-refractivity contribution is 7.88. The maximum atomic E-state index is 13.0. The number of aryl methyl sites for hydroxylation is 1. The Balaban J connectivity index is 1.37. The van der Waals surface area contributed by atoms with Crippen LogP contribution in [0.3, 0.4) is 0 Å². The Bertz CT molecular complexity index is 1230. The van der Waals surface area contributed by atoms with Gasteiger partial charge in [0.05, 0.1) is 11.9 Å². The molecular formula is C23H28N4O4S. The largest absolute Gasteiger partial charge is 0.487 e. The summed E-state index contributed by atoms with van der Waals surface area (Å²) in [6, 6.07) is 11.1. The van der Waals surface area contributed by atoms with E-state index in [1.165, 1.54) is 10.6 Å². The fraction of sp³-hybridized carbons (Fsp3) is 0.391. The molecule has 1 aromatic carbocycles. The summed E-state index contributed by atoms with van der Waals surface area (Å²) in [4.78, 5) is 19.3. The highest BCUT2D eigenvalue weighted by atomic mass is 32.2. The van der Waals surface area contributed by atoms with Gasteiger partial charge in [-0.05, 0) is 49.6 Å². The quantitative estimate of drug-likeness (QED) is 0.570. The van der Waals surface area contributed by atoms with Gasteiger partial charge in [0.1, 0.15) is 18.0 Å². The number of fused-ring (bicyclic) bond motifs is 1. The topological polar surface area (TPSA) is 84.2 Å². The lowest BCUT2D eigenvalue weighted by Gasteiger charge is -2.35. The van der Waals surface area contributed by atoms with E-state index >= 15 is 0 Å².